The van der Waals surface area contributed by atoms with Crippen LogP contribution in [0.4, 0.5) is 32.0 Å². The highest BCUT2D eigenvalue weighted by atomic mass is 35.5. The summed E-state index contributed by atoms with van der Waals surface area (Å²) in [7, 11) is 0. The highest BCUT2D eigenvalue weighted by Gasteiger charge is 2.37. The van der Waals surface area contributed by atoms with E-state index in [1.165, 1.54) is 12.1 Å². The zero-order valence-electron chi connectivity index (χ0n) is 17.5. The van der Waals surface area contributed by atoms with Gasteiger partial charge in [-0.2, -0.15) is 26.3 Å². The van der Waals surface area contributed by atoms with Crippen molar-refractivity contribution in [3.63, 3.8) is 0 Å². The van der Waals surface area contributed by atoms with Crippen LogP contribution in [0.15, 0.2) is 42.5 Å². The number of nitrogens with one attached hydrogen (secondary N) is 1. The van der Waals surface area contributed by atoms with Gasteiger partial charge in [-0.1, -0.05) is 46.4 Å². The lowest BCUT2D eigenvalue weighted by Crippen LogP contribution is -2.18. The number of ether oxygens (including phenoxy) is 1. The van der Waals surface area contributed by atoms with Crippen molar-refractivity contribution < 1.29 is 45.8 Å². The number of halogens is 10. The number of rotatable bonds is 5. The van der Waals surface area contributed by atoms with Crippen molar-refractivity contribution in [2.24, 2.45) is 0 Å². The van der Waals surface area contributed by atoms with Gasteiger partial charge in [0.05, 0.1) is 42.3 Å². The molecule has 0 saturated carbocycles. The van der Waals surface area contributed by atoms with Gasteiger partial charge in [0.2, 0.25) is 0 Å². The fourth-order valence-corrected chi connectivity index (χ4v) is 3.99. The van der Waals surface area contributed by atoms with Gasteiger partial charge >= 0.3 is 18.3 Å². The molecule has 3 rings (SSSR count). The van der Waals surface area contributed by atoms with E-state index in [9.17, 15) is 41.0 Å². The SMILES string of the molecule is O=C(O)c1c(Cl)c(Cl)c(Cl)c(Cl)c1C(=O)Nc1ccc(Oc2cc(C(F)(F)F)cc(C(F)(F)F)c2)cc1. The Hall–Kier alpha value is -2.86. The van der Waals surface area contributed by atoms with Gasteiger partial charge in [-0.15, -0.1) is 0 Å². The van der Waals surface area contributed by atoms with E-state index >= 15 is 0 Å². The fraction of sp³-hybridized carbons (Fsp3) is 0.0909. The van der Waals surface area contributed by atoms with Gasteiger partial charge in [0.25, 0.3) is 5.91 Å². The van der Waals surface area contributed by atoms with E-state index in [1.807, 2.05) is 0 Å². The molecule has 0 atom stereocenters. The fourth-order valence-electron chi connectivity index (χ4n) is 2.97. The van der Waals surface area contributed by atoms with Crippen molar-refractivity contribution in [3.8, 4) is 11.5 Å². The maximum Gasteiger partial charge on any atom is 0.416 e. The molecule has 1 amide bonds. The summed E-state index contributed by atoms with van der Waals surface area (Å²) in [6.07, 6.45) is -10.1. The molecule has 0 radical (unpaired) electrons. The summed E-state index contributed by atoms with van der Waals surface area (Å²) in [5.74, 6) is -3.59. The minimum absolute atomic E-state index is 0.0203. The van der Waals surface area contributed by atoms with Crippen LogP contribution in [0.25, 0.3) is 0 Å². The second-order valence-corrected chi connectivity index (χ2v) is 8.65. The standard InChI is InChI=1S/C22H9Cl4F6NO4/c23-15-13(14(20(35)36)16(24)18(26)17(15)25)19(34)33-10-1-3-11(4-2-10)37-12-6-8(21(27,28)29)5-9(7-12)22(30,31)32/h1-7H,(H,33,34)(H,35,36). The summed E-state index contributed by atoms with van der Waals surface area (Å²) in [5, 5.41) is 9.98. The van der Waals surface area contributed by atoms with Gasteiger partial charge in [0.1, 0.15) is 11.5 Å². The molecule has 3 aromatic carbocycles. The van der Waals surface area contributed by atoms with Crippen molar-refractivity contribution in [2.45, 2.75) is 12.4 Å². The molecule has 0 aliphatic carbocycles. The van der Waals surface area contributed by atoms with Crippen molar-refractivity contribution >= 4 is 64.0 Å². The number of alkyl halides is 6. The van der Waals surface area contributed by atoms with E-state index in [0.29, 0.717) is 12.1 Å². The normalized spacial score (nSPS) is 11.8. The van der Waals surface area contributed by atoms with Crippen LogP contribution in [0.1, 0.15) is 31.8 Å². The van der Waals surface area contributed by atoms with Crippen molar-refractivity contribution in [1.29, 1.82) is 0 Å². The van der Waals surface area contributed by atoms with Crippen LogP contribution in [-0.4, -0.2) is 17.0 Å². The molecule has 0 saturated heterocycles. The molecule has 0 bridgehead atoms. The summed E-state index contributed by atoms with van der Waals surface area (Å²) in [6.45, 7) is 0. The van der Waals surface area contributed by atoms with Gasteiger partial charge in [0, 0.05) is 5.69 Å². The van der Waals surface area contributed by atoms with E-state index in [4.69, 9.17) is 51.1 Å². The zero-order chi connectivity index (χ0) is 27.9. The minimum atomic E-state index is -5.06. The predicted molar refractivity (Wildman–Crippen MR) is 124 cm³/mol. The van der Waals surface area contributed by atoms with Crippen molar-refractivity contribution in [1.82, 2.24) is 0 Å². The molecule has 2 N–H and O–H groups in total. The average Bonchev–Trinajstić information content (AvgIpc) is 2.79. The molecule has 0 aromatic heterocycles. The molecule has 3 aromatic rings. The first-order valence-electron chi connectivity index (χ1n) is 9.48. The number of carbonyl (C=O) groups excluding carboxylic acids is 1. The molecular formula is C22H9Cl4F6NO4. The van der Waals surface area contributed by atoms with E-state index in [1.54, 1.807) is 0 Å². The largest absolute Gasteiger partial charge is 0.478 e. The highest BCUT2D eigenvalue weighted by molar-refractivity contribution is 6.54. The molecule has 0 heterocycles. The third kappa shape index (κ3) is 6.35. The maximum absolute atomic E-state index is 13.0. The first-order valence-corrected chi connectivity index (χ1v) is 11.0. The molecule has 0 aliphatic rings. The number of carboxylic acids is 1. The summed E-state index contributed by atoms with van der Waals surface area (Å²) in [4.78, 5) is 24.4. The molecule has 0 aliphatic heterocycles. The minimum Gasteiger partial charge on any atom is -0.478 e. The first-order chi connectivity index (χ1) is 17.0. The topological polar surface area (TPSA) is 75.6 Å². The lowest BCUT2D eigenvalue weighted by atomic mass is 10.1. The number of anilines is 1. The molecule has 15 heteroatoms. The highest BCUT2D eigenvalue weighted by Crippen LogP contribution is 2.42. The maximum atomic E-state index is 13.0. The van der Waals surface area contributed by atoms with Crippen LogP contribution < -0.4 is 10.1 Å². The third-order valence-corrected chi connectivity index (χ3v) is 6.42. The quantitative estimate of drug-likeness (QED) is 0.173. The third-order valence-electron chi connectivity index (χ3n) is 4.62. The second kappa shape index (κ2) is 10.5. The van der Waals surface area contributed by atoms with Crippen molar-refractivity contribution in [3.05, 3.63) is 84.8 Å². The number of carboxylic acid groups (broad SMARTS) is 1. The zero-order valence-corrected chi connectivity index (χ0v) is 20.5. The Morgan fingerprint density at radius 3 is 1.59 bits per heavy atom. The molecule has 0 fully saturated rings. The van der Waals surface area contributed by atoms with Crippen LogP contribution in [0, 0.1) is 0 Å². The number of hydrogen-bond acceptors (Lipinski definition) is 3. The molecule has 5 nitrogen and oxygen atoms in total. The lowest BCUT2D eigenvalue weighted by Gasteiger charge is -2.15. The first kappa shape index (κ1) is 28.7. The lowest BCUT2D eigenvalue weighted by molar-refractivity contribution is -0.143. The van der Waals surface area contributed by atoms with E-state index in [-0.39, 0.29) is 27.5 Å². The van der Waals surface area contributed by atoms with Gasteiger partial charge in [-0.25, -0.2) is 4.79 Å². The number of hydrogen-bond donors (Lipinski definition) is 2. The molecular weight excluding hydrogens is 598 g/mol. The summed E-state index contributed by atoms with van der Waals surface area (Å²) >= 11 is 23.7. The molecule has 196 valence electrons. The van der Waals surface area contributed by atoms with Gasteiger partial charge < -0.3 is 15.2 Å². The van der Waals surface area contributed by atoms with Gasteiger partial charge in [-0.05, 0) is 42.5 Å². The Morgan fingerprint density at radius 1 is 0.703 bits per heavy atom. The van der Waals surface area contributed by atoms with E-state index in [2.05, 4.69) is 5.32 Å². The van der Waals surface area contributed by atoms with E-state index < -0.39 is 62.3 Å². The summed E-state index contributed by atoms with van der Waals surface area (Å²) in [5.41, 5.74) is -4.42. The monoisotopic (exact) mass is 605 g/mol. The summed E-state index contributed by atoms with van der Waals surface area (Å²) < 4.78 is 83.4. The van der Waals surface area contributed by atoms with Crippen LogP contribution in [0.5, 0.6) is 11.5 Å². The van der Waals surface area contributed by atoms with E-state index in [0.717, 1.165) is 12.1 Å². The molecule has 37 heavy (non-hydrogen) atoms. The Morgan fingerprint density at radius 2 is 1.16 bits per heavy atom. The molecule has 0 unspecified atom stereocenters. The predicted octanol–water partition coefficient (Wildman–Crippen LogP) is 9.08. The Balaban J connectivity index is 1.89. The van der Waals surface area contributed by atoms with Gasteiger partial charge in [0.15, 0.2) is 0 Å². The number of benzene rings is 3. The number of amides is 1. The molecule has 0 spiro atoms. The summed E-state index contributed by atoms with van der Waals surface area (Å²) in [6, 6.07) is 5.37. The van der Waals surface area contributed by atoms with Crippen LogP contribution in [0.3, 0.4) is 0 Å². The number of carbonyl (C=O) groups is 2. The van der Waals surface area contributed by atoms with Crippen LogP contribution in [-0.2, 0) is 12.4 Å². The Bertz CT molecular complexity index is 1360. The van der Waals surface area contributed by atoms with Crippen molar-refractivity contribution in [2.75, 3.05) is 5.32 Å². The Kier molecular flexibility index (Phi) is 8.13. The smallest absolute Gasteiger partial charge is 0.416 e. The van der Waals surface area contributed by atoms with Gasteiger partial charge in [-0.3, -0.25) is 4.79 Å². The Labute approximate surface area is 223 Å². The number of aromatic carboxylic acids is 1. The average molecular weight is 607 g/mol. The van der Waals surface area contributed by atoms with Crippen LogP contribution in [0.2, 0.25) is 20.1 Å². The van der Waals surface area contributed by atoms with Crippen LogP contribution >= 0.6 is 46.4 Å². The second-order valence-electron chi connectivity index (χ2n) is 7.13.